The van der Waals surface area contributed by atoms with Crippen molar-refractivity contribution in [2.24, 2.45) is 5.73 Å². The van der Waals surface area contributed by atoms with Crippen molar-refractivity contribution in [3.8, 4) is 0 Å². The Balaban J connectivity index is 1.68. The minimum Gasteiger partial charge on any atom is -0.328 e. The molecule has 2 nitrogen and oxygen atoms in total. The summed E-state index contributed by atoms with van der Waals surface area (Å²) in [5, 5.41) is 0. The van der Waals surface area contributed by atoms with Gasteiger partial charge in [0.1, 0.15) is 0 Å². The van der Waals surface area contributed by atoms with Crippen molar-refractivity contribution in [1.29, 1.82) is 0 Å². The van der Waals surface area contributed by atoms with E-state index in [1.165, 1.54) is 45.1 Å². The largest absolute Gasteiger partial charge is 0.328 e. The first-order chi connectivity index (χ1) is 9.28. The first kappa shape index (κ1) is 13.1. The highest BCUT2D eigenvalue weighted by Gasteiger charge is 2.31. The predicted octanol–water partition coefficient (Wildman–Crippen LogP) is 2.75. The summed E-state index contributed by atoms with van der Waals surface area (Å²) < 4.78 is 0. The summed E-state index contributed by atoms with van der Waals surface area (Å²) in [4.78, 5) is 2.76. The van der Waals surface area contributed by atoms with E-state index in [0.29, 0.717) is 6.04 Å². The minimum absolute atomic E-state index is 0.454. The second kappa shape index (κ2) is 5.64. The molecule has 0 heterocycles. The van der Waals surface area contributed by atoms with E-state index >= 15 is 0 Å². The molecule has 0 aliphatic heterocycles. The SMILES string of the molecule is CCN(C1CCC(N)CC1)C1Cc2ccccc2C1. The van der Waals surface area contributed by atoms with Crippen LogP contribution in [0.4, 0.5) is 0 Å². The Morgan fingerprint density at radius 3 is 2.11 bits per heavy atom. The molecule has 0 amide bonds. The van der Waals surface area contributed by atoms with Gasteiger partial charge in [0.2, 0.25) is 0 Å². The average molecular weight is 258 g/mol. The van der Waals surface area contributed by atoms with E-state index in [2.05, 4.69) is 36.1 Å². The van der Waals surface area contributed by atoms with Crippen LogP contribution in [-0.2, 0) is 12.8 Å². The van der Waals surface area contributed by atoms with Crippen LogP contribution in [-0.4, -0.2) is 29.6 Å². The molecule has 0 spiro atoms. The molecule has 0 saturated heterocycles. The highest BCUT2D eigenvalue weighted by molar-refractivity contribution is 5.33. The first-order valence-corrected chi connectivity index (χ1v) is 7.86. The molecule has 3 rings (SSSR count). The summed E-state index contributed by atoms with van der Waals surface area (Å²) >= 11 is 0. The smallest absolute Gasteiger partial charge is 0.0179 e. The lowest BCUT2D eigenvalue weighted by Gasteiger charge is -2.39. The Bertz CT molecular complexity index is 396. The van der Waals surface area contributed by atoms with Crippen LogP contribution >= 0.6 is 0 Å². The molecule has 0 unspecified atom stereocenters. The van der Waals surface area contributed by atoms with Gasteiger partial charge in [0.15, 0.2) is 0 Å². The van der Waals surface area contributed by atoms with Crippen molar-refractivity contribution in [1.82, 2.24) is 4.90 Å². The van der Waals surface area contributed by atoms with Crippen molar-refractivity contribution >= 4 is 0 Å². The van der Waals surface area contributed by atoms with E-state index in [1.807, 2.05) is 0 Å². The van der Waals surface area contributed by atoms with E-state index in [9.17, 15) is 0 Å². The topological polar surface area (TPSA) is 29.3 Å². The average Bonchev–Trinajstić information content (AvgIpc) is 2.85. The first-order valence-electron chi connectivity index (χ1n) is 7.86. The van der Waals surface area contributed by atoms with Crippen molar-refractivity contribution in [2.75, 3.05) is 6.54 Å². The lowest BCUT2D eigenvalue weighted by molar-refractivity contribution is 0.110. The third-order valence-electron chi connectivity index (χ3n) is 5.07. The van der Waals surface area contributed by atoms with Crippen LogP contribution in [0.3, 0.4) is 0 Å². The zero-order valence-corrected chi connectivity index (χ0v) is 12.0. The van der Waals surface area contributed by atoms with E-state index < -0.39 is 0 Å². The van der Waals surface area contributed by atoms with E-state index in [4.69, 9.17) is 5.73 Å². The maximum atomic E-state index is 6.04. The lowest BCUT2D eigenvalue weighted by atomic mass is 9.89. The molecule has 0 radical (unpaired) electrons. The van der Waals surface area contributed by atoms with E-state index in [0.717, 1.165) is 12.1 Å². The fourth-order valence-electron chi connectivity index (χ4n) is 4.02. The van der Waals surface area contributed by atoms with Crippen LogP contribution < -0.4 is 5.73 Å². The van der Waals surface area contributed by atoms with Crippen LogP contribution in [0.2, 0.25) is 0 Å². The van der Waals surface area contributed by atoms with Crippen LogP contribution in [0.15, 0.2) is 24.3 Å². The highest BCUT2D eigenvalue weighted by Crippen LogP contribution is 2.30. The second-order valence-corrected chi connectivity index (χ2v) is 6.23. The van der Waals surface area contributed by atoms with Crippen LogP contribution in [0.5, 0.6) is 0 Å². The number of rotatable bonds is 3. The lowest BCUT2D eigenvalue weighted by Crippen LogP contribution is -2.46. The van der Waals surface area contributed by atoms with Gasteiger partial charge in [0.05, 0.1) is 0 Å². The van der Waals surface area contributed by atoms with E-state index in [1.54, 1.807) is 11.1 Å². The van der Waals surface area contributed by atoms with Crippen molar-refractivity contribution in [3.05, 3.63) is 35.4 Å². The predicted molar refractivity (Wildman–Crippen MR) is 80.2 cm³/mol. The van der Waals surface area contributed by atoms with Gasteiger partial charge < -0.3 is 5.73 Å². The molecule has 0 atom stereocenters. The normalized spacial score (nSPS) is 27.7. The van der Waals surface area contributed by atoms with Crippen LogP contribution in [0, 0.1) is 0 Å². The standard InChI is InChI=1S/C17H26N2/c1-2-19(16-9-7-15(18)8-10-16)17-11-13-5-3-4-6-14(13)12-17/h3-6,15-17H,2,7-12,18H2,1H3. The molecule has 0 aromatic heterocycles. The van der Waals surface area contributed by atoms with Gasteiger partial charge in [-0.25, -0.2) is 0 Å². The molecule has 19 heavy (non-hydrogen) atoms. The molecule has 1 fully saturated rings. The summed E-state index contributed by atoms with van der Waals surface area (Å²) in [6.07, 6.45) is 7.49. The molecule has 2 aliphatic carbocycles. The maximum Gasteiger partial charge on any atom is 0.0179 e. The van der Waals surface area contributed by atoms with Gasteiger partial charge in [-0.3, -0.25) is 4.90 Å². The third-order valence-corrected chi connectivity index (χ3v) is 5.07. The molecule has 104 valence electrons. The summed E-state index contributed by atoms with van der Waals surface area (Å²) in [7, 11) is 0. The van der Waals surface area contributed by atoms with Crippen molar-refractivity contribution in [3.63, 3.8) is 0 Å². The molecule has 1 aromatic rings. The Kier molecular flexibility index (Phi) is 3.90. The molecule has 1 aromatic carbocycles. The highest BCUT2D eigenvalue weighted by atomic mass is 15.2. The number of nitrogens with zero attached hydrogens (tertiary/aromatic N) is 1. The molecule has 2 N–H and O–H groups in total. The molecule has 1 saturated carbocycles. The molecule has 0 bridgehead atoms. The summed E-state index contributed by atoms with van der Waals surface area (Å²) in [5.41, 5.74) is 9.18. The van der Waals surface area contributed by atoms with Gasteiger partial charge in [-0.15, -0.1) is 0 Å². The fraction of sp³-hybridized carbons (Fsp3) is 0.647. The molecule has 2 aliphatic rings. The van der Waals surface area contributed by atoms with Gasteiger partial charge in [0.25, 0.3) is 0 Å². The monoisotopic (exact) mass is 258 g/mol. The van der Waals surface area contributed by atoms with Gasteiger partial charge in [-0.2, -0.15) is 0 Å². The quantitative estimate of drug-likeness (QED) is 0.903. The Labute approximate surface area is 117 Å². The van der Waals surface area contributed by atoms with E-state index in [-0.39, 0.29) is 0 Å². The van der Waals surface area contributed by atoms with Gasteiger partial charge in [-0.1, -0.05) is 31.2 Å². The van der Waals surface area contributed by atoms with Crippen molar-refractivity contribution in [2.45, 2.75) is 63.6 Å². The van der Waals surface area contributed by atoms with Crippen LogP contribution in [0.1, 0.15) is 43.7 Å². The zero-order valence-electron chi connectivity index (χ0n) is 12.0. The zero-order chi connectivity index (χ0) is 13.2. The van der Waals surface area contributed by atoms with Crippen molar-refractivity contribution < 1.29 is 0 Å². The summed E-state index contributed by atoms with van der Waals surface area (Å²) in [5.74, 6) is 0. The molecular formula is C17H26N2. The van der Waals surface area contributed by atoms with Gasteiger partial charge in [0, 0.05) is 18.1 Å². The third kappa shape index (κ3) is 2.70. The Morgan fingerprint density at radius 2 is 1.58 bits per heavy atom. The number of benzene rings is 1. The Morgan fingerprint density at radius 1 is 1.00 bits per heavy atom. The fourth-order valence-corrected chi connectivity index (χ4v) is 4.02. The summed E-state index contributed by atoms with van der Waals surface area (Å²) in [6.45, 7) is 3.50. The minimum atomic E-state index is 0.454. The number of hydrogen-bond donors (Lipinski definition) is 1. The number of fused-ring (bicyclic) bond motifs is 1. The number of likely N-dealkylation sites (N-methyl/N-ethyl adjacent to an activating group) is 1. The second-order valence-electron chi connectivity index (χ2n) is 6.23. The maximum absolute atomic E-state index is 6.04. The Hall–Kier alpha value is -0.860. The molecule has 2 heteroatoms. The molecular weight excluding hydrogens is 232 g/mol. The number of hydrogen-bond acceptors (Lipinski definition) is 2. The number of nitrogens with two attached hydrogens (primary N) is 1. The van der Waals surface area contributed by atoms with Gasteiger partial charge >= 0.3 is 0 Å². The van der Waals surface area contributed by atoms with Crippen LogP contribution in [0.25, 0.3) is 0 Å². The van der Waals surface area contributed by atoms with Gasteiger partial charge in [-0.05, 0) is 56.2 Å². The summed E-state index contributed by atoms with van der Waals surface area (Å²) in [6, 6.07) is 10.9.